The summed E-state index contributed by atoms with van der Waals surface area (Å²) in [7, 11) is 0. The molecule has 0 spiro atoms. The van der Waals surface area contributed by atoms with Crippen molar-refractivity contribution in [3.8, 4) is 5.75 Å². The Balaban J connectivity index is 1.39. The van der Waals surface area contributed by atoms with Gasteiger partial charge in [-0.25, -0.2) is 0 Å². The van der Waals surface area contributed by atoms with Gasteiger partial charge in [0, 0.05) is 12.6 Å². The Morgan fingerprint density at radius 3 is 2.14 bits per heavy atom. The molecule has 1 heterocycles. The van der Waals surface area contributed by atoms with Gasteiger partial charge in [0.25, 0.3) is 0 Å². The van der Waals surface area contributed by atoms with Crippen LogP contribution in [0.1, 0.15) is 20.3 Å². The molecule has 6 heteroatoms. The highest BCUT2D eigenvalue weighted by Crippen LogP contribution is 2.65. The molecule has 0 unspecified atom stereocenters. The number of nitrogens with zero attached hydrogens (tertiary/aromatic N) is 2. The third-order valence-electron chi connectivity index (χ3n) is 6.88. The Labute approximate surface area is 164 Å². The van der Waals surface area contributed by atoms with Crippen molar-refractivity contribution >= 4 is 23.4 Å². The number of carbonyl (C=O) groups is 3. The number of hydrogen-bond acceptors (Lipinski definition) is 4. The third-order valence-corrected chi connectivity index (χ3v) is 6.88. The molecule has 3 fully saturated rings. The van der Waals surface area contributed by atoms with Crippen molar-refractivity contribution in [3.05, 3.63) is 36.4 Å². The molecule has 146 valence electrons. The fourth-order valence-electron chi connectivity index (χ4n) is 5.55. The topological polar surface area (TPSA) is 66.9 Å². The van der Waals surface area contributed by atoms with E-state index in [1.807, 2.05) is 6.92 Å². The summed E-state index contributed by atoms with van der Waals surface area (Å²) in [4.78, 5) is 41.4. The van der Waals surface area contributed by atoms with Crippen molar-refractivity contribution in [2.45, 2.75) is 20.3 Å². The van der Waals surface area contributed by atoms with E-state index in [-0.39, 0.29) is 48.1 Å². The molecule has 0 aromatic heterocycles. The normalized spacial score (nSPS) is 34.3. The average Bonchev–Trinajstić information content (AvgIpc) is 3.47. The molecule has 5 aliphatic rings. The van der Waals surface area contributed by atoms with E-state index in [1.165, 1.54) is 16.7 Å². The summed E-state index contributed by atoms with van der Waals surface area (Å²) in [6.07, 6.45) is 5.45. The maximum atomic E-state index is 13.1. The fourth-order valence-corrected chi connectivity index (χ4v) is 5.55. The van der Waals surface area contributed by atoms with Crippen LogP contribution in [0.4, 0.5) is 5.69 Å². The van der Waals surface area contributed by atoms with Gasteiger partial charge in [0.2, 0.25) is 17.7 Å². The maximum absolute atomic E-state index is 13.1. The molecule has 0 N–H and O–H groups in total. The van der Waals surface area contributed by atoms with Crippen molar-refractivity contribution in [2.75, 3.05) is 18.2 Å². The molecular formula is C22H24N2O4. The minimum Gasteiger partial charge on any atom is -0.494 e. The summed E-state index contributed by atoms with van der Waals surface area (Å²) in [6.45, 7) is 3.90. The highest BCUT2D eigenvalue weighted by molar-refractivity contribution is 6.07. The van der Waals surface area contributed by atoms with E-state index in [4.69, 9.17) is 4.74 Å². The predicted molar refractivity (Wildman–Crippen MR) is 102 cm³/mol. The number of carbonyl (C=O) groups excluding carboxylic acids is 3. The molecule has 2 bridgehead atoms. The summed E-state index contributed by atoms with van der Waals surface area (Å²) in [5.74, 6) is 1.34. The lowest BCUT2D eigenvalue weighted by Gasteiger charge is -2.37. The molecule has 1 aliphatic heterocycles. The van der Waals surface area contributed by atoms with Crippen LogP contribution in [-0.4, -0.2) is 35.9 Å². The number of rotatable bonds is 5. The zero-order valence-corrected chi connectivity index (χ0v) is 16.1. The van der Waals surface area contributed by atoms with E-state index in [0.717, 1.165) is 12.2 Å². The number of likely N-dealkylation sites (tertiary alicyclic amines) is 1. The van der Waals surface area contributed by atoms with Crippen LogP contribution in [0.25, 0.3) is 0 Å². The number of ether oxygens (including phenoxy) is 1. The Hall–Kier alpha value is -2.63. The largest absolute Gasteiger partial charge is 0.494 e. The fraction of sp³-hybridized carbons (Fsp3) is 0.500. The Bertz CT molecular complexity index is 841. The van der Waals surface area contributed by atoms with Crippen molar-refractivity contribution in [1.29, 1.82) is 0 Å². The molecular weight excluding hydrogens is 356 g/mol. The maximum Gasteiger partial charge on any atom is 0.235 e. The molecule has 4 aliphatic carbocycles. The van der Waals surface area contributed by atoms with Crippen LogP contribution in [0.5, 0.6) is 5.75 Å². The van der Waals surface area contributed by atoms with Gasteiger partial charge in [-0.1, -0.05) is 12.2 Å². The van der Waals surface area contributed by atoms with Gasteiger partial charge in [-0.15, -0.1) is 0 Å². The van der Waals surface area contributed by atoms with Gasteiger partial charge in [0.1, 0.15) is 12.4 Å². The third kappa shape index (κ3) is 2.43. The second-order valence-corrected chi connectivity index (χ2v) is 8.27. The first-order valence-corrected chi connectivity index (χ1v) is 10.1. The van der Waals surface area contributed by atoms with Crippen LogP contribution in [-0.2, 0) is 14.4 Å². The van der Waals surface area contributed by atoms with Crippen LogP contribution >= 0.6 is 0 Å². The lowest BCUT2D eigenvalue weighted by atomic mass is 9.63. The van der Waals surface area contributed by atoms with Gasteiger partial charge in [-0.2, -0.15) is 0 Å². The molecule has 6 atom stereocenters. The van der Waals surface area contributed by atoms with Crippen LogP contribution in [0.3, 0.4) is 0 Å². The molecule has 0 radical (unpaired) electrons. The summed E-state index contributed by atoms with van der Waals surface area (Å²) < 4.78 is 5.45. The van der Waals surface area contributed by atoms with Gasteiger partial charge in [0.05, 0.1) is 18.4 Å². The van der Waals surface area contributed by atoms with Crippen LogP contribution in [0, 0.1) is 35.5 Å². The minimum atomic E-state index is -0.236. The van der Waals surface area contributed by atoms with Crippen LogP contribution in [0.15, 0.2) is 36.4 Å². The SMILES string of the molecule is CCOc1ccc(N(CN2C(=O)[C@@H]3[C@H]4C=C[C@@H]([C@@H]5C[C@H]45)[C@@H]3C2=O)C(C)=O)cc1. The first-order chi connectivity index (χ1) is 13.5. The summed E-state index contributed by atoms with van der Waals surface area (Å²) in [5.41, 5.74) is 0.648. The first-order valence-electron chi connectivity index (χ1n) is 10.1. The number of hydrogen-bond donors (Lipinski definition) is 0. The first kappa shape index (κ1) is 17.5. The molecule has 6 rings (SSSR count). The van der Waals surface area contributed by atoms with Gasteiger partial charge in [0.15, 0.2) is 0 Å². The second kappa shape index (κ2) is 6.19. The lowest BCUT2D eigenvalue weighted by Crippen LogP contribution is -2.44. The molecule has 1 aromatic carbocycles. The zero-order valence-electron chi connectivity index (χ0n) is 16.1. The van der Waals surface area contributed by atoms with E-state index in [0.29, 0.717) is 24.1 Å². The summed E-state index contributed by atoms with van der Waals surface area (Å²) >= 11 is 0. The Morgan fingerprint density at radius 1 is 1.07 bits per heavy atom. The molecule has 3 amide bonds. The van der Waals surface area contributed by atoms with E-state index in [2.05, 4.69) is 12.2 Å². The summed E-state index contributed by atoms with van der Waals surface area (Å²) in [5, 5.41) is 0. The standard InChI is InChI=1S/C22H24N2O4/c1-3-28-14-6-4-13(5-7-14)23(12(2)25)11-24-21(26)19-15-8-9-16(18-10-17(15)18)20(19)22(24)27/h4-9,15-20H,3,10-11H2,1-2H3/t15-,16-,17-,18+,19-,20+/m0/s1. The number of allylic oxidation sites excluding steroid dienone is 2. The van der Waals surface area contributed by atoms with Gasteiger partial charge >= 0.3 is 0 Å². The van der Waals surface area contributed by atoms with Gasteiger partial charge < -0.3 is 4.74 Å². The number of amides is 3. The monoisotopic (exact) mass is 380 g/mol. The van der Waals surface area contributed by atoms with E-state index in [9.17, 15) is 14.4 Å². The Kier molecular flexibility index (Phi) is 3.86. The molecule has 1 aromatic rings. The molecule has 1 saturated heterocycles. The number of imide groups is 1. The molecule has 28 heavy (non-hydrogen) atoms. The van der Waals surface area contributed by atoms with Gasteiger partial charge in [-0.05, 0) is 61.3 Å². The number of benzene rings is 1. The highest BCUT2D eigenvalue weighted by atomic mass is 16.5. The second-order valence-electron chi connectivity index (χ2n) is 8.27. The van der Waals surface area contributed by atoms with Crippen molar-refractivity contribution in [3.63, 3.8) is 0 Å². The van der Waals surface area contributed by atoms with Crippen molar-refractivity contribution in [2.24, 2.45) is 35.5 Å². The van der Waals surface area contributed by atoms with E-state index >= 15 is 0 Å². The lowest BCUT2D eigenvalue weighted by molar-refractivity contribution is -0.140. The molecule has 6 nitrogen and oxygen atoms in total. The zero-order chi connectivity index (χ0) is 19.6. The van der Waals surface area contributed by atoms with Gasteiger partial charge in [-0.3, -0.25) is 24.2 Å². The number of anilines is 1. The Morgan fingerprint density at radius 2 is 1.64 bits per heavy atom. The smallest absolute Gasteiger partial charge is 0.235 e. The van der Waals surface area contributed by atoms with Crippen LogP contribution in [0.2, 0.25) is 0 Å². The average molecular weight is 380 g/mol. The van der Waals surface area contributed by atoms with Crippen molar-refractivity contribution in [1.82, 2.24) is 4.90 Å². The van der Waals surface area contributed by atoms with E-state index < -0.39 is 0 Å². The quantitative estimate of drug-likeness (QED) is 0.581. The minimum absolute atomic E-state index is 0.0250. The molecule has 2 saturated carbocycles. The van der Waals surface area contributed by atoms with E-state index in [1.54, 1.807) is 24.3 Å². The predicted octanol–water partition coefficient (Wildman–Crippen LogP) is 2.45. The summed E-state index contributed by atoms with van der Waals surface area (Å²) in [6, 6.07) is 7.15. The highest BCUT2D eigenvalue weighted by Gasteiger charge is 2.67. The van der Waals surface area contributed by atoms with Crippen LogP contribution < -0.4 is 9.64 Å². The van der Waals surface area contributed by atoms with Crippen molar-refractivity contribution < 1.29 is 19.1 Å².